The van der Waals surface area contributed by atoms with Crippen molar-refractivity contribution in [2.24, 2.45) is 0 Å². The molecule has 2 aromatic carbocycles. The number of anilines is 2. The van der Waals surface area contributed by atoms with Crippen LogP contribution < -0.4 is 10.5 Å². The van der Waals surface area contributed by atoms with Gasteiger partial charge in [-0.2, -0.15) is 0 Å². The zero-order valence-corrected chi connectivity index (χ0v) is 12.9. The van der Waals surface area contributed by atoms with E-state index in [0.29, 0.717) is 10.0 Å². The molecule has 0 radical (unpaired) electrons. The van der Waals surface area contributed by atoms with E-state index in [4.69, 9.17) is 5.73 Å². The molecule has 2 rings (SSSR count). The van der Waals surface area contributed by atoms with E-state index < -0.39 is 15.8 Å². The van der Waals surface area contributed by atoms with Crippen molar-refractivity contribution in [2.75, 3.05) is 10.5 Å². The van der Waals surface area contributed by atoms with Gasteiger partial charge in [0.15, 0.2) is 0 Å². The van der Waals surface area contributed by atoms with Gasteiger partial charge in [-0.25, -0.2) is 12.8 Å². The fourth-order valence-electron chi connectivity index (χ4n) is 1.82. The highest BCUT2D eigenvalue weighted by atomic mass is 79.9. The van der Waals surface area contributed by atoms with Gasteiger partial charge in [-0.3, -0.25) is 4.72 Å². The van der Waals surface area contributed by atoms with Gasteiger partial charge < -0.3 is 5.73 Å². The third-order valence-corrected chi connectivity index (χ3v) is 4.94. The van der Waals surface area contributed by atoms with Crippen LogP contribution in [0.2, 0.25) is 0 Å². The Morgan fingerprint density at radius 1 is 1.20 bits per heavy atom. The normalized spacial score (nSPS) is 11.3. The predicted molar refractivity (Wildman–Crippen MR) is 80.5 cm³/mol. The van der Waals surface area contributed by atoms with Crippen molar-refractivity contribution in [3.63, 3.8) is 0 Å². The summed E-state index contributed by atoms with van der Waals surface area (Å²) in [4.78, 5) is -0.0462. The minimum Gasteiger partial charge on any atom is -0.398 e. The average molecular weight is 359 g/mol. The van der Waals surface area contributed by atoms with E-state index in [0.717, 1.165) is 0 Å². The molecule has 0 aliphatic rings. The minimum atomic E-state index is -3.96. The van der Waals surface area contributed by atoms with Gasteiger partial charge in [0.1, 0.15) is 10.7 Å². The van der Waals surface area contributed by atoms with E-state index in [2.05, 4.69) is 20.7 Å². The van der Waals surface area contributed by atoms with Gasteiger partial charge >= 0.3 is 0 Å². The molecule has 0 spiro atoms. The van der Waals surface area contributed by atoms with Gasteiger partial charge in [-0.1, -0.05) is 18.2 Å². The number of benzene rings is 2. The van der Waals surface area contributed by atoms with Crippen molar-refractivity contribution in [2.45, 2.75) is 11.8 Å². The highest BCUT2D eigenvalue weighted by Gasteiger charge is 2.22. The molecule has 4 nitrogen and oxygen atoms in total. The van der Waals surface area contributed by atoms with E-state index in [1.165, 1.54) is 18.2 Å². The summed E-state index contributed by atoms with van der Waals surface area (Å²) in [6.07, 6.45) is 0. The monoisotopic (exact) mass is 358 g/mol. The number of hydrogen-bond donors (Lipinski definition) is 2. The summed E-state index contributed by atoms with van der Waals surface area (Å²) in [6.45, 7) is 1.63. The first-order valence-corrected chi connectivity index (χ1v) is 7.92. The van der Waals surface area contributed by atoms with Crippen molar-refractivity contribution in [3.8, 4) is 0 Å². The van der Waals surface area contributed by atoms with Crippen LogP contribution in [0.5, 0.6) is 0 Å². The zero-order chi connectivity index (χ0) is 14.9. The topological polar surface area (TPSA) is 72.2 Å². The number of halogens is 2. The van der Waals surface area contributed by atoms with Gasteiger partial charge in [-0.15, -0.1) is 0 Å². The van der Waals surface area contributed by atoms with Gasteiger partial charge in [-0.05, 0) is 46.6 Å². The lowest BCUT2D eigenvalue weighted by molar-refractivity contribution is 0.598. The Morgan fingerprint density at radius 3 is 2.45 bits per heavy atom. The van der Waals surface area contributed by atoms with Crippen LogP contribution in [0.4, 0.5) is 15.8 Å². The maximum absolute atomic E-state index is 13.7. The van der Waals surface area contributed by atoms with Crippen molar-refractivity contribution < 1.29 is 12.8 Å². The number of rotatable bonds is 3. The largest absolute Gasteiger partial charge is 0.398 e. The van der Waals surface area contributed by atoms with Crippen molar-refractivity contribution in [1.82, 2.24) is 0 Å². The molecule has 106 valence electrons. The third-order valence-electron chi connectivity index (χ3n) is 2.71. The molecule has 0 aliphatic carbocycles. The molecule has 0 unspecified atom stereocenters. The van der Waals surface area contributed by atoms with E-state index in [-0.39, 0.29) is 16.3 Å². The summed E-state index contributed by atoms with van der Waals surface area (Å²) >= 11 is 3.11. The highest BCUT2D eigenvalue weighted by molar-refractivity contribution is 9.10. The summed E-state index contributed by atoms with van der Waals surface area (Å²) in [5.41, 5.74) is 6.18. The Bertz CT molecular complexity index is 722. The first kappa shape index (κ1) is 14.8. The molecule has 0 aliphatic heterocycles. The first-order chi connectivity index (χ1) is 9.33. The lowest BCUT2D eigenvalue weighted by Crippen LogP contribution is -2.17. The van der Waals surface area contributed by atoms with Gasteiger partial charge in [0.25, 0.3) is 10.0 Å². The lowest BCUT2D eigenvalue weighted by atomic mass is 10.2. The molecule has 0 saturated carbocycles. The van der Waals surface area contributed by atoms with E-state index in [1.54, 1.807) is 25.1 Å². The van der Waals surface area contributed by atoms with E-state index >= 15 is 0 Å². The number of hydrogen-bond acceptors (Lipinski definition) is 3. The van der Waals surface area contributed by atoms with Crippen LogP contribution in [0.3, 0.4) is 0 Å². The zero-order valence-electron chi connectivity index (χ0n) is 10.5. The summed E-state index contributed by atoms with van der Waals surface area (Å²) in [6, 6.07) is 8.95. The molecule has 0 aromatic heterocycles. The molecule has 20 heavy (non-hydrogen) atoms. The fourth-order valence-corrected chi connectivity index (χ4v) is 3.84. The number of nitrogens with one attached hydrogen (secondary N) is 1. The standard InChI is InChI=1S/C13H12BrFN2O2S/c1-8-4-2-7-11(16)13(8)20(18,19)17-12-9(14)5-3-6-10(12)15/h2-7,17H,16H2,1H3. The van der Waals surface area contributed by atoms with Crippen LogP contribution >= 0.6 is 15.9 Å². The Labute approximate surface area is 125 Å². The molecule has 3 N–H and O–H groups in total. The molecule has 0 atom stereocenters. The van der Waals surface area contributed by atoms with Gasteiger partial charge in [0.05, 0.1) is 11.4 Å². The van der Waals surface area contributed by atoms with Crippen LogP contribution in [0.25, 0.3) is 0 Å². The quantitative estimate of drug-likeness (QED) is 0.827. The number of nitrogens with two attached hydrogens (primary N) is 1. The summed E-state index contributed by atoms with van der Waals surface area (Å²) < 4.78 is 41.0. The van der Waals surface area contributed by atoms with Gasteiger partial charge in [0.2, 0.25) is 0 Å². The first-order valence-electron chi connectivity index (χ1n) is 5.65. The number of sulfonamides is 1. The number of aryl methyl sites for hydroxylation is 1. The molecule has 0 fully saturated rings. The lowest BCUT2D eigenvalue weighted by Gasteiger charge is -2.14. The Hall–Kier alpha value is -1.60. The summed E-state index contributed by atoms with van der Waals surface area (Å²) in [5.74, 6) is -0.671. The van der Waals surface area contributed by atoms with Crippen LogP contribution in [-0.2, 0) is 10.0 Å². The predicted octanol–water partition coefficient (Wildman–Crippen LogP) is 3.28. The fraction of sp³-hybridized carbons (Fsp3) is 0.0769. The molecule has 0 heterocycles. The molecule has 0 amide bonds. The molecular weight excluding hydrogens is 347 g/mol. The van der Waals surface area contributed by atoms with Crippen molar-refractivity contribution in [3.05, 3.63) is 52.3 Å². The van der Waals surface area contributed by atoms with Crippen LogP contribution in [0.1, 0.15) is 5.56 Å². The SMILES string of the molecule is Cc1cccc(N)c1S(=O)(=O)Nc1c(F)cccc1Br. The van der Waals surface area contributed by atoms with Gasteiger partial charge in [0, 0.05) is 4.47 Å². The Morgan fingerprint density at radius 2 is 1.85 bits per heavy atom. The second-order valence-corrected chi connectivity index (χ2v) is 6.67. The molecule has 7 heteroatoms. The van der Waals surface area contributed by atoms with Crippen LogP contribution in [0.15, 0.2) is 45.8 Å². The van der Waals surface area contributed by atoms with Crippen molar-refractivity contribution in [1.29, 1.82) is 0 Å². The number of nitrogen functional groups attached to an aromatic ring is 1. The van der Waals surface area contributed by atoms with Crippen LogP contribution in [0, 0.1) is 12.7 Å². The maximum atomic E-state index is 13.7. The average Bonchev–Trinajstić information content (AvgIpc) is 2.33. The van der Waals surface area contributed by atoms with Crippen molar-refractivity contribution >= 4 is 37.3 Å². The molecule has 2 aromatic rings. The van der Waals surface area contributed by atoms with Crippen LogP contribution in [-0.4, -0.2) is 8.42 Å². The van der Waals surface area contributed by atoms with E-state index in [9.17, 15) is 12.8 Å². The third kappa shape index (κ3) is 2.78. The smallest absolute Gasteiger partial charge is 0.264 e. The summed E-state index contributed by atoms with van der Waals surface area (Å²) in [5, 5.41) is 0. The minimum absolute atomic E-state index is 0.0462. The highest BCUT2D eigenvalue weighted by Crippen LogP contribution is 2.30. The molecule has 0 bridgehead atoms. The summed E-state index contributed by atoms with van der Waals surface area (Å²) in [7, 11) is -3.96. The maximum Gasteiger partial charge on any atom is 0.264 e. The second kappa shape index (κ2) is 5.41. The Balaban J connectivity index is 2.53. The second-order valence-electron chi connectivity index (χ2n) is 4.20. The number of para-hydroxylation sites is 1. The molecule has 0 saturated heterocycles. The van der Waals surface area contributed by atoms with E-state index in [1.807, 2.05) is 0 Å². The molecular formula is C13H12BrFN2O2S. The Kier molecular flexibility index (Phi) is 4.01.